The number of thiophene rings is 1. The lowest BCUT2D eigenvalue weighted by molar-refractivity contribution is 0.344. The number of halogens is 1. The van der Waals surface area contributed by atoms with Gasteiger partial charge in [-0.1, -0.05) is 33.2 Å². The van der Waals surface area contributed by atoms with Crippen molar-refractivity contribution in [1.29, 1.82) is 0 Å². The summed E-state index contributed by atoms with van der Waals surface area (Å²) in [4.78, 5) is 5.98. The molecular formula is C15H12BrN3OS. The normalized spacial score (nSPS) is 17.7. The fourth-order valence-electron chi connectivity index (χ4n) is 2.58. The van der Waals surface area contributed by atoms with Crippen LogP contribution in [0.4, 0.5) is 0 Å². The average molecular weight is 362 g/mol. The van der Waals surface area contributed by atoms with Gasteiger partial charge in [-0.25, -0.2) is 0 Å². The number of aromatic nitrogens is 2. The van der Waals surface area contributed by atoms with Crippen molar-refractivity contribution >= 4 is 27.3 Å². The van der Waals surface area contributed by atoms with E-state index in [2.05, 4.69) is 42.8 Å². The molecule has 0 amide bonds. The molecule has 1 unspecified atom stereocenters. The summed E-state index contributed by atoms with van der Waals surface area (Å²) in [6, 6.07) is 10.0. The SMILES string of the molecule is Brc1ccccc1-c1noc(C2NCCc3sccc32)n1. The van der Waals surface area contributed by atoms with Crippen LogP contribution in [0.15, 0.2) is 44.7 Å². The van der Waals surface area contributed by atoms with E-state index in [1.807, 2.05) is 24.3 Å². The monoisotopic (exact) mass is 361 g/mol. The maximum atomic E-state index is 5.50. The van der Waals surface area contributed by atoms with Gasteiger partial charge in [0.2, 0.25) is 11.7 Å². The Kier molecular flexibility index (Phi) is 3.37. The summed E-state index contributed by atoms with van der Waals surface area (Å²) in [7, 11) is 0. The van der Waals surface area contributed by atoms with Crippen LogP contribution >= 0.6 is 27.3 Å². The van der Waals surface area contributed by atoms with Gasteiger partial charge >= 0.3 is 0 Å². The molecule has 0 bridgehead atoms. The summed E-state index contributed by atoms with van der Waals surface area (Å²) >= 11 is 5.31. The second-order valence-corrected chi connectivity index (χ2v) is 6.73. The number of rotatable bonds is 2. The van der Waals surface area contributed by atoms with Gasteiger partial charge < -0.3 is 9.84 Å². The zero-order valence-corrected chi connectivity index (χ0v) is 13.4. The van der Waals surface area contributed by atoms with Crippen LogP contribution in [0.25, 0.3) is 11.4 Å². The Balaban J connectivity index is 1.72. The van der Waals surface area contributed by atoms with Gasteiger partial charge in [-0.15, -0.1) is 11.3 Å². The molecule has 0 aliphatic carbocycles. The lowest BCUT2D eigenvalue weighted by atomic mass is 10.0. The van der Waals surface area contributed by atoms with Crippen LogP contribution in [0.1, 0.15) is 22.4 Å². The molecule has 1 aromatic carbocycles. The highest BCUT2D eigenvalue weighted by Gasteiger charge is 2.27. The molecule has 1 N–H and O–H groups in total. The van der Waals surface area contributed by atoms with Crippen LogP contribution in [0.2, 0.25) is 0 Å². The largest absolute Gasteiger partial charge is 0.337 e. The fourth-order valence-corrected chi connectivity index (χ4v) is 3.96. The van der Waals surface area contributed by atoms with Crippen LogP contribution in [-0.2, 0) is 6.42 Å². The first-order chi connectivity index (χ1) is 10.3. The van der Waals surface area contributed by atoms with Crippen molar-refractivity contribution in [3.05, 3.63) is 56.5 Å². The highest BCUT2D eigenvalue weighted by atomic mass is 79.9. The van der Waals surface area contributed by atoms with Crippen molar-refractivity contribution in [2.75, 3.05) is 6.54 Å². The smallest absolute Gasteiger partial charge is 0.248 e. The first-order valence-corrected chi connectivity index (χ1v) is 8.38. The molecule has 2 aromatic heterocycles. The lowest BCUT2D eigenvalue weighted by Gasteiger charge is -2.20. The molecule has 6 heteroatoms. The molecular weight excluding hydrogens is 350 g/mol. The zero-order chi connectivity index (χ0) is 14.2. The summed E-state index contributed by atoms with van der Waals surface area (Å²) in [6.07, 6.45) is 1.06. The van der Waals surface area contributed by atoms with Gasteiger partial charge in [0, 0.05) is 21.5 Å². The molecule has 21 heavy (non-hydrogen) atoms. The summed E-state index contributed by atoms with van der Waals surface area (Å²) in [6.45, 7) is 0.935. The summed E-state index contributed by atoms with van der Waals surface area (Å²) in [5.41, 5.74) is 2.20. The maximum Gasteiger partial charge on any atom is 0.248 e. The maximum absolute atomic E-state index is 5.50. The van der Waals surface area contributed by atoms with Crippen molar-refractivity contribution in [2.24, 2.45) is 0 Å². The average Bonchev–Trinajstić information content (AvgIpc) is 3.16. The molecule has 4 nitrogen and oxygen atoms in total. The third-order valence-electron chi connectivity index (χ3n) is 3.59. The molecule has 0 saturated carbocycles. The third kappa shape index (κ3) is 2.33. The summed E-state index contributed by atoms with van der Waals surface area (Å²) in [5.74, 6) is 1.24. The molecule has 1 aliphatic heterocycles. The molecule has 1 atom stereocenters. The molecule has 3 heterocycles. The van der Waals surface area contributed by atoms with E-state index in [4.69, 9.17) is 4.52 Å². The van der Waals surface area contributed by atoms with E-state index in [1.54, 1.807) is 11.3 Å². The molecule has 0 fully saturated rings. The van der Waals surface area contributed by atoms with Crippen LogP contribution in [-0.4, -0.2) is 16.7 Å². The Morgan fingerprint density at radius 1 is 1.29 bits per heavy atom. The van der Waals surface area contributed by atoms with Gasteiger partial charge in [-0.2, -0.15) is 4.98 Å². The quantitative estimate of drug-likeness (QED) is 0.754. The first kappa shape index (κ1) is 13.2. The summed E-state index contributed by atoms with van der Waals surface area (Å²) in [5, 5.41) is 9.70. The molecule has 0 saturated heterocycles. The van der Waals surface area contributed by atoms with Crippen LogP contribution in [0.5, 0.6) is 0 Å². The number of nitrogens with one attached hydrogen (secondary N) is 1. The van der Waals surface area contributed by atoms with E-state index in [0.29, 0.717) is 11.7 Å². The van der Waals surface area contributed by atoms with Crippen molar-refractivity contribution in [1.82, 2.24) is 15.5 Å². The number of fused-ring (bicyclic) bond motifs is 1. The van der Waals surface area contributed by atoms with Crippen molar-refractivity contribution in [2.45, 2.75) is 12.5 Å². The van der Waals surface area contributed by atoms with E-state index < -0.39 is 0 Å². The number of nitrogens with zero attached hydrogens (tertiary/aromatic N) is 2. The van der Waals surface area contributed by atoms with E-state index in [1.165, 1.54) is 10.4 Å². The first-order valence-electron chi connectivity index (χ1n) is 6.71. The highest BCUT2D eigenvalue weighted by molar-refractivity contribution is 9.10. The second-order valence-electron chi connectivity index (χ2n) is 4.87. The Morgan fingerprint density at radius 2 is 2.19 bits per heavy atom. The van der Waals surface area contributed by atoms with E-state index in [9.17, 15) is 0 Å². The van der Waals surface area contributed by atoms with Gasteiger partial charge in [0.25, 0.3) is 0 Å². The molecule has 1 aliphatic rings. The number of benzene rings is 1. The number of hydrogen-bond acceptors (Lipinski definition) is 5. The van der Waals surface area contributed by atoms with E-state index in [0.717, 1.165) is 23.0 Å². The van der Waals surface area contributed by atoms with Crippen LogP contribution < -0.4 is 5.32 Å². The van der Waals surface area contributed by atoms with Gasteiger partial charge in [0.1, 0.15) is 6.04 Å². The molecule has 3 aromatic rings. The predicted molar refractivity (Wildman–Crippen MR) is 85.3 cm³/mol. The summed E-state index contributed by atoms with van der Waals surface area (Å²) < 4.78 is 6.46. The number of hydrogen-bond donors (Lipinski definition) is 1. The minimum absolute atomic E-state index is 0.00346. The highest BCUT2D eigenvalue weighted by Crippen LogP contribution is 2.33. The second kappa shape index (κ2) is 5.36. The Morgan fingerprint density at radius 3 is 3.10 bits per heavy atom. The Bertz CT molecular complexity index is 783. The molecule has 4 rings (SSSR count). The molecule has 106 valence electrons. The van der Waals surface area contributed by atoms with Crippen molar-refractivity contribution in [3.63, 3.8) is 0 Å². The van der Waals surface area contributed by atoms with Gasteiger partial charge in [0.05, 0.1) is 0 Å². The van der Waals surface area contributed by atoms with Gasteiger partial charge in [-0.3, -0.25) is 0 Å². The molecule has 0 spiro atoms. The third-order valence-corrected chi connectivity index (χ3v) is 5.28. The lowest BCUT2D eigenvalue weighted by Crippen LogP contribution is -2.29. The zero-order valence-electron chi connectivity index (χ0n) is 11.0. The Hall–Kier alpha value is -1.50. The van der Waals surface area contributed by atoms with Crippen LogP contribution in [0.3, 0.4) is 0 Å². The minimum atomic E-state index is 0.00346. The fraction of sp³-hybridized carbons (Fsp3) is 0.200. The topological polar surface area (TPSA) is 51.0 Å². The van der Waals surface area contributed by atoms with Crippen LogP contribution in [0, 0.1) is 0 Å². The van der Waals surface area contributed by atoms with E-state index >= 15 is 0 Å². The van der Waals surface area contributed by atoms with Crippen molar-refractivity contribution < 1.29 is 4.52 Å². The minimum Gasteiger partial charge on any atom is -0.337 e. The Labute approximate surface area is 134 Å². The van der Waals surface area contributed by atoms with Crippen molar-refractivity contribution in [3.8, 4) is 11.4 Å². The standard InChI is InChI=1S/C15H12BrN3OS/c16-11-4-2-1-3-9(11)14-18-15(20-19-14)13-10-6-8-21-12(10)5-7-17-13/h1-4,6,8,13,17H,5,7H2. The molecule has 0 radical (unpaired) electrons. The van der Waals surface area contributed by atoms with Gasteiger partial charge in [0.15, 0.2) is 0 Å². The predicted octanol–water partition coefficient (Wildman–Crippen LogP) is 3.80. The van der Waals surface area contributed by atoms with Gasteiger partial charge in [-0.05, 0) is 35.6 Å². The van der Waals surface area contributed by atoms with E-state index in [-0.39, 0.29) is 6.04 Å².